The summed E-state index contributed by atoms with van der Waals surface area (Å²) in [5.74, 6) is 0. The molecule has 0 unspecified atom stereocenters. The minimum Gasteiger partial charge on any atom is -0.386 e. The highest BCUT2D eigenvalue weighted by Crippen LogP contribution is 2.20. The van der Waals surface area contributed by atoms with Crippen molar-refractivity contribution in [1.29, 1.82) is 0 Å². The summed E-state index contributed by atoms with van der Waals surface area (Å²) < 4.78 is 0. The summed E-state index contributed by atoms with van der Waals surface area (Å²) in [5, 5.41) is 9.68. The molecular weight excluding hydrogens is 228 g/mol. The van der Waals surface area contributed by atoms with E-state index in [0.29, 0.717) is 0 Å². The van der Waals surface area contributed by atoms with Crippen molar-refractivity contribution >= 4 is 22.0 Å². The first kappa shape index (κ1) is 10.5. The van der Waals surface area contributed by atoms with Gasteiger partial charge in [-0.3, -0.25) is 0 Å². The molecule has 0 aliphatic rings. The Bertz CT molecular complexity index is 293. The second-order valence-corrected chi connectivity index (χ2v) is 4.00. The van der Waals surface area contributed by atoms with E-state index < -0.39 is 5.60 Å². The van der Waals surface area contributed by atoms with Crippen molar-refractivity contribution in [3.63, 3.8) is 0 Å². The largest absolute Gasteiger partial charge is 0.386 e. The Kier molecular flexibility index (Phi) is 3.28. The molecule has 1 N–H and O–H groups in total. The molecule has 1 rings (SSSR count). The first-order valence-electron chi connectivity index (χ1n) is 4.14. The fourth-order valence-electron chi connectivity index (χ4n) is 1.07. The number of hydrogen-bond donors (Lipinski definition) is 1. The first-order valence-corrected chi connectivity index (χ1v) is 5.05. The van der Waals surface area contributed by atoms with Gasteiger partial charge < -0.3 is 5.11 Å². The molecule has 1 aromatic rings. The summed E-state index contributed by atoms with van der Waals surface area (Å²) in [6, 6.07) is 7.82. The normalized spacial score (nSPS) is 12.3. The zero-order chi connectivity index (χ0) is 9.90. The zero-order valence-electron chi connectivity index (χ0n) is 7.79. The van der Waals surface area contributed by atoms with E-state index in [9.17, 15) is 5.11 Å². The SMILES string of the molecule is CC(C)(O)c1ccc(/C=C/Br)cc1. The third-order valence-corrected chi connectivity index (χ3v) is 2.14. The Labute approximate surface area is 87.2 Å². The van der Waals surface area contributed by atoms with E-state index in [-0.39, 0.29) is 0 Å². The van der Waals surface area contributed by atoms with Crippen LogP contribution in [-0.4, -0.2) is 5.11 Å². The van der Waals surface area contributed by atoms with Crippen LogP contribution in [0.15, 0.2) is 29.3 Å². The van der Waals surface area contributed by atoms with Gasteiger partial charge in [0, 0.05) is 0 Å². The summed E-state index contributed by atoms with van der Waals surface area (Å²) >= 11 is 3.21. The van der Waals surface area contributed by atoms with Crippen molar-refractivity contribution in [2.75, 3.05) is 0 Å². The summed E-state index contributed by atoms with van der Waals surface area (Å²) in [7, 11) is 0. The van der Waals surface area contributed by atoms with Crippen LogP contribution >= 0.6 is 15.9 Å². The molecule has 0 amide bonds. The van der Waals surface area contributed by atoms with Crippen molar-refractivity contribution < 1.29 is 5.11 Å². The van der Waals surface area contributed by atoms with Crippen LogP contribution in [-0.2, 0) is 5.60 Å². The molecule has 0 aliphatic carbocycles. The Hall–Kier alpha value is -0.600. The number of rotatable bonds is 2. The van der Waals surface area contributed by atoms with E-state index in [1.54, 1.807) is 13.8 Å². The molecule has 70 valence electrons. The van der Waals surface area contributed by atoms with Crippen molar-refractivity contribution in [2.45, 2.75) is 19.4 Å². The van der Waals surface area contributed by atoms with Crippen LogP contribution in [0, 0.1) is 0 Å². The number of hydrogen-bond acceptors (Lipinski definition) is 1. The van der Waals surface area contributed by atoms with Gasteiger partial charge in [0.15, 0.2) is 0 Å². The molecule has 0 aliphatic heterocycles. The van der Waals surface area contributed by atoms with Gasteiger partial charge in [0.1, 0.15) is 0 Å². The highest BCUT2D eigenvalue weighted by atomic mass is 79.9. The van der Waals surface area contributed by atoms with Crippen molar-refractivity contribution in [3.05, 3.63) is 40.4 Å². The van der Waals surface area contributed by atoms with Gasteiger partial charge in [-0.05, 0) is 36.0 Å². The van der Waals surface area contributed by atoms with Gasteiger partial charge in [0.05, 0.1) is 5.60 Å². The van der Waals surface area contributed by atoms with Gasteiger partial charge in [0.25, 0.3) is 0 Å². The number of halogens is 1. The smallest absolute Gasteiger partial charge is 0.0840 e. The molecule has 13 heavy (non-hydrogen) atoms. The van der Waals surface area contributed by atoms with Gasteiger partial charge in [-0.1, -0.05) is 40.2 Å². The molecule has 2 heteroatoms. The lowest BCUT2D eigenvalue weighted by molar-refractivity contribution is 0.0786. The Morgan fingerprint density at radius 1 is 1.23 bits per heavy atom. The predicted molar refractivity (Wildman–Crippen MR) is 59.6 cm³/mol. The fraction of sp³-hybridized carbons (Fsp3) is 0.273. The van der Waals surface area contributed by atoms with Crippen LogP contribution in [0.25, 0.3) is 6.08 Å². The van der Waals surface area contributed by atoms with E-state index in [4.69, 9.17) is 0 Å². The third kappa shape index (κ3) is 2.98. The van der Waals surface area contributed by atoms with Gasteiger partial charge in [-0.25, -0.2) is 0 Å². The van der Waals surface area contributed by atoms with E-state index in [1.165, 1.54) is 0 Å². The predicted octanol–water partition coefficient (Wildman–Crippen LogP) is 3.28. The average Bonchev–Trinajstić information content (AvgIpc) is 2.04. The molecule has 1 aromatic carbocycles. The molecule has 0 saturated carbocycles. The maximum Gasteiger partial charge on any atom is 0.0840 e. The molecule has 0 radical (unpaired) electrons. The maximum absolute atomic E-state index is 9.68. The zero-order valence-corrected chi connectivity index (χ0v) is 9.38. The summed E-state index contributed by atoms with van der Waals surface area (Å²) in [6.45, 7) is 3.56. The van der Waals surface area contributed by atoms with Crippen molar-refractivity contribution in [1.82, 2.24) is 0 Å². The third-order valence-electron chi connectivity index (χ3n) is 1.87. The minimum absolute atomic E-state index is 0.753. The lowest BCUT2D eigenvalue weighted by Gasteiger charge is -2.17. The van der Waals surface area contributed by atoms with E-state index in [2.05, 4.69) is 15.9 Å². The Morgan fingerprint density at radius 2 is 1.77 bits per heavy atom. The lowest BCUT2D eigenvalue weighted by Crippen LogP contribution is -2.14. The van der Waals surface area contributed by atoms with Crippen LogP contribution < -0.4 is 0 Å². The van der Waals surface area contributed by atoms with Crippen molar-refractivity contribution in [2.24, 2.45) is 0 Å². The first-order chi connectivity index (χ1) is 6.04. The maximum atomic E-state index is 9.68. The highest BCUT2D eigenvalue weighted by Gasteiger charge is 2.14. The molecule has 0 saturated heterocycles. The Morgan fingerprint density at radius 3 is 2.15 bits per heavy atom. The summed E-state index contributed by atoms with van der Waals surface area (Å²) in [6.07, 6.45) is 1.95. The van der Waals surface area contributed by atoms with Gasteiger partial charge in [-0.2, -0.15) is 0 Å². The highest BCUT2D eigenvalue weighted by molar-refractivity contribution is 9.11. The topological polar surface area (TPSA) is 20.2 Å². The van der Waals surface area contributed by atoms with Crippen LogP contribution in [0.3, 0.4) is 0 Å². The lowest BCUT2D eigenvalue weighted by atomic mass is 9.97. The molecule has 0 atom stereocenters. The van der Waals surface area contributed by atoms with Crippen LogP contribution in [0.2, 0.25) is 0 Å². The van der Waals surface area contributed by atoms with E-state index in [0.717, 1.165) is 11.1 Å². The van der Waals surface area contributed by atoms with Crippen LogP contribution in [0.1, 0.15) is 25.0 Å². The second kappa shape index (κ2) is 4.07. The van der Waals surface area contributed by atoms with E-state index >= 15 is 0 Å². The average molecular weight is 241 g/mol. The molecule has 0 heterocycles. The molecule has 1 nitrogen and oxygen atoms in total. The monoisotopic (exact) mass is 240 g/mol. The van der Waals surface area contributed by atoms with E-state index in [1.807, 2.05) is 35.3 Å². The quantitative estimate of drug-likeness (QED) is 0.842. The molecule has 0 bridgehead atoms. The fourth-order valence-corrected chi connectivity index (χ4v) is 1.38. The minimum atomic E-state index is -0.753. The second-order valence-electron chi connectivity index (χ2n) is 3.47. The van der Waals surface area contributed by atoms with Crippen molar-refractivity contribution in [3.8, 4) is 0 Å². The molecule has 0 spiro atoms. The summed E-state index contributed by atoms with van der Waals surface area (Å²) in [5.41, 5.74) is 1.29. The Balaban J connectivity index is 2.94. The molecule has 0 fully saturated rings. The summed E-state index contributed by atoms with van der Waals surface area (Å²) in [4.78, 5) is 1.81. The number of aliphatic hydroxyl groups is 1. The van der Waals surface area contributed by atoms with Gasteiger partial charge in [-0.15, -0.1) is 0 Å². The number of benzene rings is 1. The van der Waals surface area contributed by atoms with Crippen LogP contribution in [0.4, 0.5) is 0 Å². The van der Waals surface area contributed by atoms with Gasteiger partial charge in [0.2, 0.25) is 0 Å². The van der Waals surface area contributed by atoms with Gasteiger partial charge >= 0.3 is 0 Å². The van der Waals surface area contributed by atoms with Crippen LogP contribution in [0.5, 0.6) is 0 Å². The standard InChI is InChI=1S/C11H13BrO/c1-11(2,13)10-5-3-9(4-6-10)7-8-12/h3-8,13H,1-2H3/b8-7+. The molecular formula is C11H13BrO. The molecule has 0 aromatic heterocycles.